The van der Waals surface area contributed by atoms with E-state index in [2.05, 4.69) is 15.6 Å². The van der Waals surface area contributed by atoms with E-state index >= 15 is 0 Å². The number of aromatic nitrogens is 1. The van der Waals surface area contributed by atoms with Crippen LogP contribution in [-0.4, -0.2) is 48.2 Å². The topological polar surface area (TPSA) is 92.8 Å². The minimum Gasteiger partial charge on any atom is -0.454 e. The number of nitrogens with one attached hydrogen (secondary N) is 2. The normalized spacial score (nSPS) is 15.9. The number of likely N-dealkylation sites (tertiary alicyclic amines) is 1. The molecule has 28 heavy (non-hydrogen) atoms. The van der Waals surface area contributed by atoms with Crippen LogP contribution < -0.4 is 20.1 Å². The van der Waals surface area contributed by atoms with Crippen molar-refractivity contribution in [2.24, 2.45) is 5.92 Å². The van der Waals surface area contributed by atoms with Crippen LogP contribution in [0.4, 0.5) is 10.5 Å². The number of amides is 3. The smallest absolute Gasteiger partial charge is 0.319 e. The lowest BCUT2D eigenvalue weighted by atomic mass is 9.96. The number of piperidine rings is 1. The highest BCUT2D eigenvalue weighted by molar-refractivity contribution is 5.94. The maximum absolute atomic E-state index is 12.4. The summed E-state index contributed by atoms with van der Waals surface area (Å²) in [5, 5.41) is 5.71. The first kappa shape index (κ1) is 18.1. The molecular formula is C20H22N4O4. The van der Waals surface area contributed by atoms with Crippen LogP contribution in [0.25, 0.3) is 0 Å². The highest BCUT2D eigenvalue weighted by Crippen LogP contribution is 2.34. The molecule has 1 fully saturated rings. The van der Waals surface area contributed by atoms with Gasteiger partial charge in [0.15, 0.2) is 11.5 Å². The average molecular weight is 382 g/mol. The summed E-state index contributed by atoms with van der Waals surface area (Å²) < 4.78 is 10.6. The van der Waals surface area contributed by atoms with Gasteiger partial charge in [-0.25, -0.2) is 4.79 Å². The molecule has 0 spiro atoms. The van der Waals surface area contributed by atoms with Gasteiger partial charge in [-0.05, 0) is 43.0 Å². The standard InChI is InChI=1S/C20H22N4O4/c25-19(15-2-1-7-21-12-15)24-8-5-14(6-9-24)11-22-20(26)23-16-3-4-17-18(10-16)28-13-27-17/h1-4,7,10,12,14H,5-6,8-9,11,13H2,(H2,22,23,26). The number of carbonyl (C=O) groups is 2. The van der Waals surface area contributed by atoms with Crippen LogP contribution in [0.5, 0.6) is 11.5 Å². The quantitative estimate of drug-likeness (QED) is 0.848. The summed E-state index contributed by atoms with van der Waals surface area (Å²) in [4.78, 5) is 30.4. The second-order valence-electron chi connectivity index (χ2n) is 6.88. The summed E-state index contributed by atoms with van der Waals surface area (Å²) in [6, 6.07) is 8.58. The van der Waals surface area contributed by atoms with E-state index in [1.54, 1.807) is 42.7 Å². The second kappa shape index (κ2) is 8.16. The van der Waals surface area contributed by atoms with Crippen molar-refractivity contribution in [2.45, 2.75) is 12.8 Å². The van der Waals surface area contributed by atoms with Gasteiger partial charge in [-0.3, -0.25) is 9.78 Å². The van der Waals surface area contributed by atoms with Gasteiger partial charge in [-0.2, -0.15) is 0 Å². The van der Waals surface area contributed by atoms with Crippen molar-refractivity contribution in [3.8, 4) is 11.5 Å². The summed E-state index contributed by atoms with van der Waals surface area (Å²) in [7, 11) is 0. The van der Waals surface area contributed by atoms with Crippen LogP contribution in [0, 0.1) is 5.92 Å². The highest BCUT2D eigenvalue weighted by atomic mass is 16.7. The lowest BCUT2D eigenvalue weighted by Crippen LogP contribution is -2.42. The number of pyridine rings is 1. The van der Waals surface area contributed by atoms with Crippen LogP contribution >= 0.6 is 0 Å². The van der Waals surface area contributed by atoms with Gasteiger partial charge in [0.2, 0.25) is 6.79 Å². The maximum atomic E-state index is 12.4. The Kier molecular flexibility index (Phi) is 5.27. The third-order valence-electron chi connectivity index (χ3n) is 4.99. The van der Waals surface area contributed by atoms with Crippen LogP contribution in [0.1, 0.15) is 23.2 Å². The Labute approximate surface area is 162 Å². The predicted molar refractivity (Wildman–Crippen MR) is 102 cm³/mol. The number of rotatable bonds is 4. The van der Waals surface area contributed by atoms with Crippen LogP contribution in [0.15, 0.2) is 42.7 Å². The van der Waals surface area contributed by atoms with Crippen molar-refractivity contribution in [1.82, 2.24) is 15.2 Å². The van der Waals surface area contributed by atoms with Gasteiger partial charge in [0, 0.05) is 43.8 Å². The lowest BCUT2D eigenvalue weighted by Gasteiger charge is -2.32. The molecule has 8 heteroatoms. The lowest BCUT2D eigenvalue weighted by molar-refractivity contribution is 0.0690. The number of fused-ring (bicyclic) bond motifs is 1. The largest absolute Gasteiger partial charge is 0.454 e. The van der Waals surface area contributed by atoms with E-state index in [9.17, 15) is 9.59 Å². The van der Waals surface area contributed by atoms with E-state index in [1.165, 1.54) is 0 Å². The number of nitrogens with zero attached hydrogens (tertiary/aromatic N) is 2. The molecule has 3 heterocycles. The molecule has 1 saturated heterocycles. The molecule has 3 amide bonds. The van der Waals surface area contributed by atoms with Crippen LogP contribution in [0.3, 0.4) is 0 Å². The molecule has 2 aliphatic heterocycles. The number of ether oxygens (including phenoxy) is 2. The van der Waals surface area contributed by atoms with E-state index in [0.29, 0.717) is 48.3 Å². The minimum atomic E-state index is -0.257. The van der Waals surface area contributed by atoms with Gasteiger partial charge in [-0.1, -0.05) is 0 Å². The van der Waals surface area contributed by atoms with Gasteiger partial charge in [0.1, 0.15) is 0 Å². The Morgan fingerprint density at radius 1 is 1.14 bits per heavy atom. The van der Waals surface area contributed by atoms with Gasteiger partial charge < -0.3 is 25.0 Å². The first-order valence-electron chi connectivity index (χ1n) is 9.33. The molecule has 0 aliphatic carbocycles. The minimum absolute atomic E-state index is 0.0139. The van der Waals surface area contributed by atoms with Gasteiger partial charge in [0.25, 0.3) is 5.91 Å². The molecule has 2 N–H and O–H groups in total. The molecule has 1 aromatic carbocycles. The highest BCUT2D eigenvalue weighted by Gasteiger charge is 2.24. The molecule has 146 valence electrons. The maximum Gasteiger partial charge on any atom is 0.319 e. The van der Waals surface area contributed by atoms with Crippen molar-refractivity contribution < 1.29 is 19.1 Å². The van der Waals surface area contributed by atoms with Gasteiger partial charge >= 0.3 is 6.03 Å². The van der Waals surface area contributed by atoms with E-state index in [0.717, 1.165) is 12.8 Å². The number of hydrogen-bond acceptors (Lipinski definition) is 5. The summed E-state index contributed by atoms with van der Waals surface area (Å²) in [5.41, 5.74) is 1.26. The Morgan fingerprint density at radius 2 is 1.96 bits per heavy atom. The average Bonchev–Trinajstić information content (AvgIpc) is 3.21. The van der Waals surface area contributed by atoms with E-state index in [-0.39, 0.29) is 18.7 Å². The van der Waals surface area contributed by atoms with E-state index in [4.69, 9.17) is 9.47 Å². The molecule has 2 aliphatic rings. The van der Waals surface area contributed by atoms with Crippen molar-refractivity contribution in [2.75, 3.05) is 31.7 Å². The Bertz CT molecular complexity index is 851. The van der Waals surface area contributed by atoms with Crippen LogP contribution in [-0.2, 0) is 0 Å². The zero-order valence-corrected chi connectivity index (χ0v) is 15.4. The molecule has 0 radical (unpaired) electrons. The Morgan fingerprint density at radius 3 is 2.75 bits per heavy atom. The van der Waals surface area contributed by atoms with Crippen molar-refractivity contribution in [3.63, 3.8) is 0 Å². The summed E-state index contributed by atoms with van der Waals surface area (Å²) in [6.07, 6.45) is 4.96. The fourth-order valence-electron chi connectivity index (χ4n) is 3.40. The third-order valence-corrected chi connectivity index (χ3v) is 4.99. The van der Waals surface area contributed by atoms with Crippen molar-refractivity contribution >= 4 is 17.6 Å². The Hall–Kier alpha value is -3.29. The van der Waals surface area contributed by atoms with Crippen molar-refractivity contribution in [3.05, 3.63) is 48.3 Å². The number of benzene rings is 1. The fourth-order valence-corrected chi connectivity index (χ4v) is 3.40. The van der Waals surface area contributed by atoms with Crippen LogP contribution in [0.2, 0.25) is 0 Å². The summed E-state index contributed by atoms with van der Waals surface area (Å²) in [5.74, 6) is 1.67. The van der Waals surface area contributed by atoms with Gasteiger partial charge in [-0.15, -0.1) is 0 Å². The first-order chi connectivity index (χ1) is 13.7. The second-order valence-corrected chi connectivity index (χ2v) is 6.88. The molecule has 0 saturated carbocycles. The molecule has 0 unspecified atom stereocenters. The SMILES string of the molecule is O=C(NCC1CCN(C(=O)c2cccnc2)CC1)Nc1ccc2c(c1)OCO2. The molecule has 2 aromatic rings. The zero-order chi connectivity index (χ0) is 19.3. The third kappa shape index (κ3) is 4.16. The first-order valence-corrected chi connectivity index (χ1v) is 9.33. The number of anilines is 1. The summed E-state index contributed by atoms with van der Waals surface area (Å²) >= 11 is 0. The fraction of sp³-hybridized carbons (Fsp3) is 0.350. The number of urea groups is 1. The number of hydrogen-bond donors (Lipinski definition) is 2. The summed E-state index contributed by atoms with van der Waals surface area (Å²) in [6.45, 7) is 2.14. The van der Waals surface area contributed by atoms with E-state index < -0.39 is 0 Å². The molecular weight excluding hydrogens is 360 g/mol. The number of carbonyl (C=O) groups excluding carboxylic acids is 2. The molecule has 8 nitrogen and oxygen atoms in total. The monoisotopic (exact) mass is 382 g/mol. The van der Waals surface area contributed by atoms with E-state index in [1.807, 2.05) is 4.90 Å². The van der Waals surface area contributed by atoms with Gasteiger partial charge in [0.05, 0.1) is 5.56 Å². The molecule has 1 aromatic heterocycles. The molecule has 4 rings (SSSR count). The van der Waals surface area contributed by atoms with Crippen molar-refractivity contribution in [1.29, 1.82) is 0 Å². The molecule has 0 atom stereocenters. The zero-order valence-electron chi connectivity index (χ0n) is 15.4. The Balaban J connectivity index is 1.21. The molecule has 0 bridgehead atoms. The predicted octanol–water partition coefficient (Wildman–Crippen LogP) is 2.48.